The summed E-state index contributed by atoms with van der Waals surface area (Å²) in [5, 5.41) is 25.3. The standard InChI is InChI=1S/C13H12N6O4/c1-7-9(5-16-18-14)2-8(3-10(7)6-17-19-15)11(20)4-12(21)13(22)23/h2-4,20H,5-6H2,1H3,(H,22,23). The molecule has 10 heteroatoms. The van der Waals surface area contributed by atoms with Crippen molar-refractivity contribution in [3.63, 3.8) is 0 Å². The van der Waals surface area contributed by atoms with Crippen LogP contribution in [0.3, 0.4) is 0 Å². The molecule has 0 aliphatic carbocycles. The second kappa shape index (κ2) is 8.08. The van der Waals surface area contributed by atoms with Gasteiger partial charge >= 0.3 is 5.97 Å². The summed E-state index contributed by atoms with van der Waals surface area (Å²) in [5.74, 6) is -3.54. The minimum absolute atomic E-state index is 0.0143. The van der Waals surface area contributed by atoms with Crippen molar-refractivity contribution in [2.24, 2.45) is 10.2 Å². The smallest absolute Gasteiger partial charge is 0.376 e. The Morgan fingerprint density at radius 1 is 1.13 bits per heavy atom. The van der Waals surface area contributed by atoms with Gasteiger partial charge in [-0.05, 0) is 46.8 Å². The Kier molecular flexibility index (Phi) is 6.17. The van der Waals surface area contributed by atoms with Crippen LogP contribution in [0.5, 0.6) is 0 Å². The van der Waals surface area contributed by atoms with Crippen LogP contribution in [-0.2, 0) is 22.7 Å². The van der Waals surface area contributed by atoms with E-state index in [4.69, 9.17) is 16.2 Å². The number of carbonyl (C=O) groups is 2. The molecule has 118 valence electrons. The second-order valence-electron chi connectivity index (χ2n) is 4.40. The van der Waals surface area contributed by atoms with E-state index in [0.717, 1.165) is 0 Å². The maximum absolute atomic E-state index is 11.1. The van der Waals surface area contributed by atoms with Gasteiger partial charge in [0, 0.05) is 21.5 Å². The van der Waals surface area contributed by atoms with Gasteiger partial charge in [-0.25, -0.2) is 4.79 Å². The molecular formula is C13H12N6O4. The maximum atomic E-state index is 11.1. The molecule has 10 nitrogen and oxygen atoms in total. The van der Waals surface area contributed by atoms with Crippen molar-refractivity contribution in [3.8, 4) is 0 Å². The fraction of sp³-hybridized carbons (Fsp3) is 0.231. The molecule has 23 heavy (non-hydrogen) atoms. The number of azide groups is 2. The first kappa shape index (κ1) is 17.6. The average molecular weight is 316 g/mol. The van der Waals surface area contributed by atoms with Gasteiger partial charge in [-0.1, -0.05) is 10.2 Å². The summed E-state index contributed by atoms with van der Waals surface area (Å²) in [5.41, 5.74) is 18.8. The molecule has 2 N–H and O–H groups in total. The molecule has 0 aromatic heterocycles. The summed E-state index contributed by atoms with van der Waals surface area (Å²) < 4.78 is 0. The Hall–Kier alpha value is -3.48. The zero-order valence-corrected chi connectivity index (χ0v) is 12.0. The first-order chi connectivity index (χ1) is 10.9. The van der Waals surface area contributed by atoms with Crippen LogP contribution in [-0.4, -0.2) is 22.0 Å². The molecule has 0 radical (unpaired) electrons. The molecule has 0 spiro atoms. The minimum atomic E-state index is -1.70. The molecule has 0 unspecified atom stereocenters. The third kappa shape index (κ3) is 4.78. The Bertz CT molecular complexity index is 732. The topological polar surface area (TPSA) is 172 Å². The summed E-state index contributed by atoms with van der Waals surface area (Å²) in [7, 11) is 0. The number of ketones is 1. The van der Waals surface area contributed by atoms with E-state index < -0.39 is 17.5 Å². The van der Waals surface area contributed by atoms with Gasteiger partial charge in [0.15, 0.2) is 0 Å². The summed E-state index contributed by atoms with van der Waals surface area (Å²) in [4.78, 5) is 26.9. The number of carboxylic acid groups (broad SMARTS) is 1. The van der Waals surface area contributed by atoms with Crippen LogP contribution in [0.4, 0.5) is 0 Å². The third-order valence-corrected chi connectivity index (χ3v) is 3.01. The zero-order valence-electron chi connectivity index (χ0n) is 12.0. The molecule has 0 atom stereocenters. The van der Waals surface area contributed by atoms with Crippen LogP contribution in [0.15, 0.2) is 28.4 Å². The number of carboxylic acids is 1. The molecule has 0 fully saturated rings. The summed E-state index contributed by atoms with van der Waals surface area (Å²) in [6.07, 6.45) is 0.571. The van der Waals surface area contributed by atoms with Crippen molar-refractivity contribution in [2.75, 3.05) is 0 Å². The number of aliphatic hydroxyl groups is 1. The highest BCUT2D eigenvalue weighted by atomic mass is 16.4. The highest BCUT2D eigenvalue weighted by Crippen LogP contribution is 2.23. The fourth-order valence-corrected chi connectivity index (χ4v) is 1.80. The Morgan fingerprint density at radius 2 is 1.61 bits per heavy atom. The molecule has 0 aliphatic heterocycles. The molecule has 1 rings (SSSR count). The van der Waals surface area contributed by atoms with Gasteiger partial charge in [0.25, 0.3) is 5.78 Å². The van der Waals surface area contributed by atoms with Gasteiger partial charge in [-0.15, -0.1) is 0 Å². The van der Waals surface area contributed by atoms with E-state index in [9.17, 15) is 14.7 Å². The molecular weight excluding hydrogens is 304 g/mol. The summed E-state index contributed by atoms with van der Waals surface area (Å²) in [6.45, 7) is 1.69. The van der Waals surface area contributed by atoms with Gasteiger partial charge in [0.05, 0.1) is 13.1 Å². The van der Waals surface area contributed by atoms with Crippen LogP contribution in [0.1, 0.15) is 22.3 Å². The van der Waals surface area contributed by atoms with Crippen LogP contribution >= 0.6 is 0 Å². The largest absolute Gasteiger partial charge is 0.507 e. The first-order valence-corrected chi connectivity index (χ1v) is 6.23. The summed E-state index contributed by atoms with van der Waals surface area (Å²) in [6, 6.07) is 2.93. The van der Waals surface area contributed by atoms with Gasteiger partial charge in [-0.3, -0.25) is 4.79 Å². The highest BCUT2D eigenvalue weighted by Gasteiger charge is 2.13. The molecule has 0 aliphatic rings. The number of aliphatic hydroxyl groups excluding tert-OH is 1. The van der Waals surface area contributed by atoms with E-state index in [1.54, 1.807) is 6.92 Å². The van der Waals surface area contributed by atoms with E-state index in [1.807, 2.05) is 0 Å². The van der Waals surface area contributed by atoms with Crippen molar-refractivity contribution in [2.45, 2.75) is 20.0 Å². The number of hydrogen-bond acceptors (Lipinski definition) is 5. The monoisotopic (exact) mass is 316 g/mol. The maximum Gasteiger partial charge on any atom is 0.376 e. The Balaban J connectivity index is 3.41. The molecule has 1 aromatic carbocycles. The lowest BCUT2D eigenvalue weighted by Crippen LogP contribution is -2.09. The Labute approximate surface area is 129 Å². The highest BCUT2D eigenvalue weighted by molar-refractivity contribution is 6.38. The van der Waals surface area contributed by atoms with E-state index >= 15 is 0 Å². The predicted molar refractivity (Wildman–Crippen MR) is 80.1 cm³/mol. The van der Waals surface area contributed by atoms with Gasteiger partial charge in [0.1, 0.15) is 5.76 Å². The lowest BCUT2D eigenvalue weighted by atomic mass is 9.97. The molecule has 0 heterocycles. The molecule has 0 saturated heterocycles. The van der Waals surface area contributed by atoms with Crippen molar-refractivity contribution >= 4 is 17.5 Å². The van der Waals surface area contributed by atoms with Crippen LogP contribution in [0.2, 0.25) is 0 Å². The van der Waals surface area contributed by atoms with E-state index in [0.29, 0.717) is 22.8 Å². The quantitative estimate of drug-likeness (QED) is 0.196. The number of rotatable bonds is 7. The van der Waals surface area contributed by atoms with Gasteiger partial charge in [-0.2, -0.15) is 0 Å². The van der Waals surface area contributed by atoms with E-state index in [1.165, 1.54) is 12.1 Å². The predicted octanol–water partition coefficient (Wildman–Crippen LogP) is 3.17. The van der Waals surface area contributed by atoms with Gasteiger partial charge in [0.2, 0.25) is 0 Å². The minimum Gasteiger partial charge on any atom is -0.507 e. The zero-order chi connectivity index (χ0) is 17.4. The number of carbonyl (C=O) groups excluding carboxylic acids is 1. The third-order valence-electron chi connectivity index (χ3n) is 3.01. The van der Waals surface area contributed by atoms with Crippen molar-refractivity contribution in [1.29, 1.82) is 0 Å². The van der Waals surface area contributed by atoms with Crippen molar-refractivity contribution in [3.05, 3.63) is 61.3 Å². The normalized spacial score (nSPS) is 10.4. The second-order valence-corrected chi connectivity index (χ2v) is 4.40. The van der Waals surface area contributed by atoms with E-state index in [-0.39, 0.29) is 18.7 Å². The Morgan fingerprint density at radius 3 is 2.00 bits per heavy atom. The SMILES string of the molecule is Cc1c(CN=[N+]=[N-])cc(C(O)=CC(=O)C(=O)O)cc1CN=[N+]=[N-]. The molecule has 0 amide bonds. The van der Waals surface area contributed by atoms with Crippen LogP contribution in [0.25, 0.3) is 26.6 Å². The molecule has 1 aromatic rings. The fourth-order valence-electron chi connectivity index (χ4n) is 1.80. The summed E-state index contributed by atoms with van der Waals surface area (Å²) >= 11 is 0. The molecule has 0 saturated carbocycles. The van der Waals surface area contributed by atoms with Crippen molar-refractivity contribution in [1.82, 2.24) is 0 Å². The van der Waals surface area contributed by atoms with Crippen LogP contribution < -0.4 is 0 Å². The van der Waals surface area contributed by atoms with Crippen molar-refractivity contribution < 1.29 is 19.8 Å². The molecule has 0 bridgehead atoms. The lowest BCUT2D eigenvalue weighted by Gasteiger charge is -2.12. The number of nitrogens with zero attached hydrogens (tertiary/aromatic N) is 6. The number of benzene rings is 1. The van der Waals surface area contributed by atoms with E-state index in [2.05, 4.69) is 20.1 Å². The van der Waals surface area contributed by atoms with Crippen LogP contribution in [0, 0.1) is 6.92 Å². The number of hydrogen-bond donors (Lipinski definition) is 2. The van der Waals surface area contributed by atoms with Gasteiger partial charge < -0.3 is 10.2 Å². The average Bonchev–Trinajstić information content (AvgIpc) is 2.52. The first-order valence-electron chi connectivity index (χ1n) is 6.23. The lowest BCUT2D eigenvalue weighted by molar-refractivity contribution is -0.146. The number of aliphatic carboxylic acids is 1.